The molecule has 5 nitrogen and oxygen atoms in total. The first-order valence-electron chi connectivity index (χ1n) is 9.89. The lowest BCUT2D eigenvalue weighted by Crippen LogP contribution is -2.58. The first-order valence-corrected chi connectivity index (χ1v) is 9.89. The van der Waals surface area contributed by atoms with Crippen LogP contribution in [0, 0.1) is 22.6 Å². The predicted molar refractivity (Wildman–Crippen MR) is 108 cm³/mol. The zero-order valence-electron chi connectivity index (χ0n) is 17.7. The second-order valence-corrected chi connectivity index (χ2v) is 9.95. The summed E-state index contributed by atoms with van der Waals surface area (Å²) in [4.78, 5) is 18.7. The Kier molecular flexibility index (Phi) is 4.86. The van der Waals surface area contributed by atoms with Crippen LogP contribution in [0.4, 0.5) is 4.39 Å². The van der Waals surface area contributed by atoms with Crippen molar-refractivity contribution in [1.82, 2.24) is 4.90 Å². The van der Waals surface area contributed by atoms with Gasteiger partial charge in [-0.2, -0.15) is 0 Å². The number of benzene rings is 1. The number of nitrogens with two attached hydrogens (primary N) is 1. The molecule has 0 aromatic heterocycles. The van der Waals surface area contributed by atoms with E-state index in [1.807, 2.05) is 0 Å². The van der Waals surface area contributed by atoms with Crippen LogP contribution in [-0.2, 0) is 16.8 Å². The zero-order valence-corrected chi connectivity index (χ0v) is 17.7. The number of guanidine groups is 1. The van der Waals surface area contributed by atoms with E-state index in [9.17, 15) is 14.3 Å². The van der Waals surface area contributed by atoms with Gasteiger partial charge in [-0.1, -0.05) is 26.0 Å². The number of aliphatic hydroxyl groups is 1. The Labute approximate surface area is 166 Å². The Morgan fingerprint density at radius 2 is 1.89 bits per heavy atom. The van der Waals surface area contributed by atoms with Crippen molar-refractivity contribution in [2.75, 3.05) is 7.05 Å². The van der Waals surface area contributed by atoms with Crippen LogP contribution in [0.5, 0.6) is 0 Å². The fraction of sp³-hybridized carbons (Fsp3) is 0.636. The van der Waals surface area contributed by atoms with Crippen LogP contribution in [0.15, 0.2) is 23.2 Å². The van der Waals surface area contributed by atoms with Crippen LogP contribution in [0.1, 0.15) is 58.6 Å². The third kappa shape index (κ3) is 3.21. The minimum atomic E-state index is -1.12. The van der Waals surface area contributed by atoms with Crippen LogP contribution < -0.4 is 5.73 Å². The summed E-state index contributed by atoms with van der Waals surface area (Å²) in [5, 5.41) is 10.4. The number of aliphatic hydroxyl groups excluding tert-OH is 1. The number of halogens is 1. The smallest absolute Gasteiger partial charge is 0.237 e. The SMILES string of the molecule is CN1C(=O)C(C)(C)[C@@](C)(c2cc(CC3CC(C)(C)CC3O)ccc2F)N=C1N. The van der Waals surface area contributed by atoms with E-state index in [1.165, 1.54) is 11.0 Å². The minimum absolute atomic E-state index is 0.0876. The molecule has 2 aliphatic rings. The van der Waals surface area contributed by atoms with Gasteiger partial charge < -0.3 is 10.8 Å². The molecule has 0 bridgehead atoms. The van der Waals surface area contributed by atoms with E-state index in [-0.39, 0.29) is 29.3 Å². The van der Waals surface area contributed by atoms with Crippen LogP contribution >= 0.6 is 0 Å². The Balaban J connectivity index is 2.01. The van der Waals surface area contributed by atoms with Crippen molar-refractivity contribution in [2.45, 2.75) is 65.5 Å². The van der Waals surface area contributed by atoms with Gasteiger partial charge in [0.1, 0.15) is 11.4 Å². The highest BCUT2D eigenvalue weighted by molar-refractivity contribution is 6.01. The number of hydrogen-bond acceptors (Lipinski definition) is 4. The topological polar surface area (TPSA) is 78.9 Å². The number of carbonyl (C=O) groups excluding carboxylic acids is 1. The second kappa shape index (κ2) is 6.55. The van der Waals surface area contributed by atoms with Crippen LogP contribution in [0.3, 0.4) is 0 Å². The normalized spacial score (nSPS) is 31.8. The molecule has 6 heteroatoms. The molecular formula is C22H32FN3O2. The maximum Gasteiger partial charge on any atom is 0.237 e. The maximum absolute atomic E-state index is 14.9. The predicted octanol–water partition coefficient (Wildman–Crippen LogP) is 3.19. The summed E-state index contributed by atoms with van der Waals surface area (Å²) in [5.41, 5.74) is 5.31. The van der Waals surface area contributed by atoms with Gasteiger partial charge in [0.2, 0.25) is 5.91 Å². The molecular weight excluding hydrogens is 357 g/mol. The van der Waals surface area contributed by atoms with E-state index in [1.54, 1.807) is 40.0 Å². The standard InChI is InChI=1S/C22H32FN3O2/c1-20(2)11-14(17(27)12-20)9-13-7-8-16(23)15(10-13)22(5)21(3,4)18(28)26(6)19(24)25-22/h7-8,10,14,17,27H,9,11-12H2,1-6H3,(H2,24,25)/t14?,17?,22-/m1/s1. The zero-order chi connectivity index (χ0) is 21.1. The highest BCUT2D eigenvalue weighted by atomic mass is 19.1. The van der Waals surface area contributed by atoms with Crippen molar-refractivity contribution < 1.29 is 14.3 Å². The van der Waals surface area contributed by atoms with Gasteiger partial charge in [-0.05, 0) is 63.0 Å². The number of rotatable bonds is 3. The van der Waals surface area contributed by atoms with Gasteiger partial charge >= 0.3 is 0 Å². The van der Waals surface area contributed by atoms with Crippen molar-refractivity contribution in [1.29, 1.82) is 0 Å². The monoisotopic (exact) mass is 389 g/mol. The van der Waals surface area contributed by atoms with Crippen molar-refractivity contribution in [3.05, 3.63) is 35.1 Å². The number of hydrogen-bond donors (Lipinski definition) is 2. The van der Waals surface area contributed by atoms with E-state index in [0.717, 1.165) is 18.4 Å². The summed E-state index contributed by atoms with van der Waals surface area (Å²) >= 11 is 0. The number of nitrogens with zero attached hydrogens (tertiary/aromatic N) is 2. The molecule has 0 spiro atoms. The van der Waals surface area contributed by atoms with Gasteiger partial charge in [-0.15, -0.1) is 0 Å². The van der Waals surface area contributed by atoms with Gasteiger partial charge in [-0.25, -0.2) is 9.38 Å². The molecule has 1 heterocycles. The Hall–Kier alpha value is -1.95. The van der Waals surface area contributed by atoms with Gasteiger partial charge in [0.05, 0.1) is 11.5 Å². The van der Waals surface area contributed by atoms with Crippen molar-refractivity contribution in [3.63, 3.8) is 0 Å². The molecule has 3 atom stereocenters. The number of amides is 1. The molecule has 1 aromatic rings. The maximum atomic E-state index is 14.9. The fourth-order valence-electron chi connectivity index (χ4n) is 4.82. The molecule has 28 heavy (non-hydrogen) atoms. The summed E-state index contributed by atoms with van der Waals surface area (Å²) in [6.45, 7) is 9.64. The third-order valence-electron chi connectivity index (χ3n) is 6.91. The average Bonchev–Trinajstić information content (AvgIpc) is 2.85. The molecule has 0 saturated heterocycles. The Morgan fingerprint density at radius 1 is 1.25 bits per heavy atom. The average molecular weight is 390 g/mol. The second-order valence-electron chi connectivity index (χ2n) is 9.95. The van der Waals surface area contributed by atoms with Gasteiger partial charge in [0.15, 0.2) is 5.96 Å². The first-order chi connectivity index (χ1) is 12.8. The van der Waals surface area contributed by atoms with E-state index in [2.05, 4.69) is 18.8 Å². The molecule has 1 aliphatic carbocycles. The summed E-state index contributed by atoms with van der Waals surface area (Å²) in [7, 11) is 1.58. The highest BCUT2D eigenvalue weighted by Gasteiger charge is 2.53. The first kappa shape index (κ1) is 20.8. The number of aliphatic imine (C=N–C) groups is 1. The molecule has 154 valence electrons. The molecule has 1 aliphatic heterocycles. The van der Waals surface area contributed by atoms with E-state index in [4.69, 9.17) is 5.73 Å². The summed E-state index contributed by atoms with van der Waals surface area (Å²) in [5.74, 6) is -0.368. The minimum Gasteiger partial charge on any atom is -0.393 e. The summed E-state index contributed by atoms with van der Waals surface area (Å²) < 4.78 is 14.9. The van der Waals surface area contributed by atoms with Gasteiger partial charge in [-0.3, -0.25) is 9.69 Å². The van der Waals surface area contributed by atoms with E-state index in [0.29, 0.717) is 12.0 Å². The largest absolute Gasteiger partial charge is 0.393 e. The molecule has 3 N–H and O–H groups in total. The highest BCUT2D eigenvalue weighted by Crippen LogP contribution is 2.48. The van der Waals surface area contributed by atoms with Crippen molar-refractivity contribution in [2.24, 2.45) is 27.5 Å². The van der Waals surface area contributed by atoms with Gasteiger partial charge in [0, 0.05) is 12.6 Å². The molecule has 1 amide bonds. The third-order valence-corrected chi connectivity index (χ3v) is 6.91. The molecule has 3 rings (SSSR count). The summed E-state index contributed by atoms with van der Waals surface area (Å²) in [6.07, 6.45) is 2.02. The molecule has 2 unspecified atom stereocenters. The van der Waals surface area contributed by atoms with E-state index >= 15 is 0 Å². The van der Waals surface area contributed by atoms with Gasteiger partial charge in [0.25, 0.3) is 0 Å². The lowest BCUT2D eigenvalue weighted by Gasteiger charge is -2.46. The molecule has 0 radical (unpaired) electrons. The molecule has 1 saturated carbocycles. The van der Waals surface area contributed by atoms with Crippen LogP contribution in [0.25, 0.3) is 0 Å². The van der Waals surface area contributed by atoms with Crippen molar-refractivity contribution in [3.8, 4) is 0 Å². The Bertz CT molecular complexity index is 833. The number of carbonyl (C=O) groups is 1. The fourth-order valence-corrected chi connectivity index (χ4v) is 4.82. The van der Waals surface area contributed by atoms with E-state index < -0.39 is 16.8 Å². The lowest BCUT2D eigenvalue weighted by atomic mass is 9.67. The van der Waals surface area contributed by atoms with Crippen molar-refractivity contribution >= 4 is 11.9 Å². The quantitative estimate of drug-likeness (QED) is 0.833. The molecule has 1 fully saturated rings. The summed E-state index contributed by atoms with van der Waals surface area (Å²) in [6, 6.07) is 4.99. The molecule has 1 aromatic carbocycles. The van der Waals surface area contributed by atoms with Crippen LogP contribution in [-0.4, -0.2) is 35.0 Å². The lowest BCUT2D eigenvalue weighted by molar-refractivity contribution is -0.140. The Morgan fingerprint density at radius 3 is 2.46 bits per heavy atom. The van der Waals surface area contributed by atoms with Crippen LogP contribution in [0.2, 0.25) is 0 Å².